The molecule has 28 heavy (non-hydrogen) atoms. The maximum Gasteiger partial charge on any atom is 0.312 e. The Morgan fingerprint density at radius 2 is 2.04 bits per heavy atom. The van der Waals surface area contributed by atoms with Crippen molar-refractivity contribution >= 4 is 28.3 Å². The lowest BCUT2D eigenvalue weighted by Crippen LogP contribution is -2.25. The summed E-state index contributed by atoms with van der Waals surface area (Å²) < 4.78 is 19.9. The van der Waals surface area contributed by atoms with E-state index >= 15 is 0 Å². The van der Waals surface area contributed by atoms with E-state index < -0.39 is 11.7 Å². The van der Waals surface area contributed by atoms with Gasteiger partial charge in [-0.05, 0) is 31.5 Å². The van der Waals surface area contributed by atoms with Gasteiger partial charge in [0.25, 0.3) is 0 Å². The number of pyridine rings is 1. The average molecular weight is 389 g/mol. The topological polar surface area (TPSA) is 96.6 Å². The van der Waals surface area contributed by atoms with Crippen molar-refractivity contribution in [2.75, 3.05) is 18.5 Å². The standard InChI is InChI=1S/C18H18FN3O4.C2H6/c1-10-3-4-14(13(19)7-10)21-15-12-9-20-8-11(2)16(12)26-17(15)18(24)22-25-6-5-23;1-2/h3-4,7-9,21,23H,5-6H2,1-2H3,(H,22,24);1-2H3. The molecule has 7 nitrogen and oxygen atoms in total. The number of aliphatic hydroxyl groups excluding tert-OH is 1. The van der Waals surface area contributed by atoms with Gasteiger partial charge in [-0.25, -0.2) is 9.87 Å². The van der Waals surface area contributed by atoms with Gasteiger partial charge in [0.1, 0.15) is 17.1 Å². The number of fused-ring (bicyclic) bond motifs is 1. The number of aryl methyl sites for hydroxylation is 2. The Balaban J connectivity index is 0.00000136. The van der Waals surface area contributed by atoms with E-state index in [1.54, 1.807) is 32.2 Å². The molecule has 0 aliphatic heterocycles. The number of hydrogen-bond acceptors (Lipinski definition) is 6. The third-order valence-corrected chi connectivity index (χ3v) is 3.72. The van der Waals surface area contributed by atoms with Crippen LogP contribution in [0.4, 0.5) is 15.8 Å². The van der Waals surface area contributed by atoms with Gasteiger partial charge in [0.05, 0.1) is 24.3 Å². The minimum Gasteiger partial charge on any atom is -0.448 e. The fourth-order valence-corrected chi connectivity index (χ4v) is 2.49. The highest BCUT2D eigenvalue weighted by Crippen LogP contribution is 2.35. The van der Waals surface area contributed by atoms with Gasteiger partial charge in [-0.15, -0.1) is 0 Å². The average Bonchev–Trinajstić information content (AvgIpc) is 3.06. The van der Waals surface area contributed by atoms with E-state index in [9.17, 15) is 9.18 Å². The molecule has 1 aromatic carbocycles. The van der Waals surface area contributed by atoms with Crippen molar-refractivity contribution < 1.29 is 23.5 Å². The molecule has 2 heterocycles. The number of anilines is 2. The monoisotopic (exact) mass is 389 g/mol. The first kappa shape index (κ1) is 21.3. The van der Waals surface area contributed by atoms with Gasteiger partial charge >= 0.3 is 5.91 Å². The maximum atomic E-state index is 14.2. The van der Waals surface area contributed by atoms with E-state index in [1.807, 2.05) is 13.8 Å². The zero-order chi connectivity index (χ0) is 20.7. The summed E-state index contributed by atoms with van der Waals surface area (Å²) in [6.07, 6.45) is 3.14. The Bertz CT molecular complexity index is 956. The van der Waals surface area contributed by atoms with Crippen molar-refractivity contribution in [1.82, 2.24) is 10.5 Å². The van der Waals surface area contributed by atoms with Crippen molar-refractivity contribution in [3.8, 4) is 0 Å². The molecule has 0 atom stereocenters. The number of carbonyl (C=O) groups is 1. The van der Waals surface area contributed by atoms with Gasteiger partial charge < -0.3 is 14.8 Å². The molecule has 0 aliphatic carbocycles. The molecule has 0 saturated carbocycles. The number of aromatic nitrogens is 1. The highest BCUT2D eigenvalue weighted by molar-refractivity contribution is 6.07. The normalized spacial score (nSPS) is 10.4. The molecule has 0 bridgehead atoms. The van der Waals surface area contributed by atoms with Crippen LogP contribution in [-0.4, -0.2) is 29.2 Å². The number of amides is 1. The third-order valence-electron chi connectivity index (χ3n) is 3.72. The summed E-state index contributed by atoms with van der Waals surface area (Å²) in [7, 11) is 0. The van der Waals surface area contributed by atoms with Crippen LogP contribution in [-0.2, 0) is 4.84 Å². The smallest absolute Gasteiger partial charge is 0.312 e. The fraction of sp³-hybridized carbons (Fsp3) is 0.300. The maximum absolute atomic E-state index is 14.2. The van der Waals surface area contributed by atoms with Crippen LogP contribution < -0.4 is 10.8 Å². The van der Waals surface area contributed by atoms with E-state index in [-0.39, 0.29) is 30.3 Å². The Kier molecular flexibility index (Phi) is 7.48. The summed E-state index contributed by atoms with van der Waals surface area (Å²) in [4.78, 5) is 21.3. The van der Waals surface area contributed by atoms with Crippen molar-refractivity contribution in [3.05, 3.63) is 53.3 Å². The van der Waals surface area contributed by atoms with Gasteiger partial charge in [0, 0.05) is 18.0 Å². The zero-order valence-electron chi connectivity index (χ0n) is 16.3. The minimum absolute atomic E-state index is 0.0676. The second-order valence-electron chi connectivity index (χ2n) is 5.75. The Morgan fingerprint density at radius 1 is 1.29 bits per heavy atom. The quantitative estimate of drug-likeness (QED) is 0.435. The zero-order valence-corrected chi connectivity index (χ0v) is 16.3. The Morgan fingerprint density at radius 3 is 2.71 bits per heavy atom. The molecule has 3 rings (SSSR count). The van der Waals surface area contributed by atoms with E-state index in [2.05, 4.69) is 15.8 Å². The number of furan rings is 1. The number of nitrogens with one attached hydrogen (secondary N) is 2. The molecule has 150 valence electrons. The van der Waals surface area contributed by atoms with Crippen LogP contribution in [0, 0.1) is 19.7 Å². The van der Waals surface area contributed by atoms with Gasteiger partial charge in [-0.1, -0.05) is 19.9 Å². The number of hydrogen-bond donors (Lipinski definition) is 3. The van der Waals surface area contributed by atoms with Gasteiger partial charge in [-0.3, -0.25) is 14.6 Å². The van der Waals surface area contributed by atoms with Crippen LogP contribution >= 0.6 is 0 Å². The number of hydroxylamine groups is 1. The summed E-state index contributed by atoms with van der Waals surface area (Å²) in [5, 5.41) is 12.2. The van der Waals surface area contributed by atoms with Crippen LogP contribution in [0.5, 0.6) is 0 Å². The molecule has 0 radical (unpaired) electrons. The van der Waals surface area contributed by atoms with Gasteiger partial charge in [-0.2, -0.15) is 0 Å². The lowest BCUT2D eigenvalue weighted by atomic mass is 10.2. The van der Waals surface area contributed by atoms with Crippen LogP contribution in [0.15, 0.2) is 35.0 Å². The first-order chi connectivity index (χ1) is 13.5. The second kappa shape index (κ2) is 9.82. The number of nitrogens with zero attached hydrogens (tertiary/aromatic N) is 1. The van der Waals surface area contributed by atoms with E-state index in [0.29, 0.717) is 11.0 Å². The number of halogens is 1. The SMILES string of the molecule is CC.Cc1ccc(Nc2c(C(=O)NOCCO)oc3c(C)cncc23)c(F)c1. The summed E-state index contributed by atoms with van der Waals surface area (Å²) >= 11 is 0. The molecule has 2 aromatic heterocycles. The van der Waals surface area contributed by atoms with Crippen molar-refractivity contribution in [3.63, 3.8) is 0 Å². The van der Waals surface area contributed by atoms with Crippen LogP contribution in [0.25, 0.3) is 11.0 Å². The Hall–Kier alpha value is -2.97. The molecule has 0 spiro atoms. The highest BCUT2D eigenvalue weighted by Gasteiger charge is 2.23. The summed E-state index contributed by atoms with van der Waals surface area (Å²) in [6.45, 7) is 7.26. The van der Waals surface area contributed by atoms with Gasteiger partial charge in [0.15, 0.2) is 0 Å². The van der Waals surface area contributed by atoms with Gasteiger partial charge in [0.2, 0.25) is 5.76 Å². The molecule has 3 N–H and O–H groups in total. The van der Waals surface area contributed by atoms with Crippen molar-refractivity contribution in [2.45, 2.75) is 27.7 Å². The summed E-state index contributed by atoms with van der Waals surface area (Å²) in [6, 6.07) is 4.72. The summed E-state index contributed by atoms with van der Waals surface area (Å²) in [5.74, 6) is -1.19. The van der Waals surface area contributed by atoms with Crippen LogP contribution in [0.2, 0.25) is 0 Å². The van der Waals surface area contributed by atoms with Crippen LogP contribution in [0.1, 0.15) is 35.5 Å². The van der Waals surface area contributed by atoms with Crippen LogP contribution in [0.3, 0.4) is 0 Å². The van der Waals surface area contributed by atoms with E-state index in [4.69, 9.17) is 14.4 Å². The molecule has 3 aromatic rings. The Labute approximate surface area is 162 Å². The number of rotatable bonds is 6. The second-order valence-corrected chi connectivity index (χ2v) is 5.75. The predicted octanol–water partition coefficient (Wildman–Crippen LogP) is 4.01. The molecule has 1 amide bonds. The van der Waals surface area contributed by atoms with Crippen molar-refractivity contribution in [1.29, 1.82) is 0 Å². The van der Waals surface area contributed by atoms with Crippen molar-refractivity contribution in [2.24, 2.45) is 0 Å². The van der Waals surface area contributed by atoms with E-state index in [1.165, 1.54) is 12.3 Å². The third kappa shape index (κ3) is 4.65. The number of carbonyl (C=O) groups excluding carboxylic acids is 1. The summed E-state index contributed by atoms with van der Waals surface area (Å²) in [5.41, 5.74) is 4.63. The van der Waals surface area contributed by atoms with E-state index in [0.717, 1.165) is 11.1 Å². The molecular formula is C20H24FN3O4. The predicted molar refractivity (Wildman–Crippen MR) is 105 cm³/mol. The largest absolute Gasteiger partial charge is 0.448 e. The molecule has 0 fully saturated rings. The highest BCUT2D eigenvalue weighted by atomic mass is 19.1. The fourth-order valence-electron chi connectivity index (χ4n) is 2.49. The molecule has 0 unspecified atom stereocenters. The first-order valence-corrected chi connectivity index (χ1v) is 8.94. The molecular weight excluding hydrogens is 365 g/mol. The first-order valence-electron chi connectivity index (χ1n) is 8.94. The lowest BCUT2D eigenvalue weighted by Gasteiger charge is -2.09. The number of aliphatic hydroxyl groups is 1. The lowest BCUT2D eigenvalue weighted by molar-refractivity contribution is 0.0152. The number of benzene rings is 1. The molecule has 8 heteroatoms. The molecule has 0 saturated heterocycles. The molecule has 0 aliphatic rings. The minimum atomic E-state index is -0.663.